The van der Waals surface area contributed by atoms with Crippen LogP contribution in [0.3, 0.4) is 0 Å². The van der Waals surface area contributed by atoms with Crippen LogP contribution in [0, 0.1) is 0 Å². The number of benzene rings is 2. The summed E-state index contributed by atoms with van der Waals surface area (Å²) in [5, 5.41) is 11.2. The lowest BCUT2D eigenvalue weighted by Gasteiger charge is -2.07. The van der Waals surface area contributed by atoms with Gasteiger partial charge in [0.25, 0.3) is 5.91 Å². The number of carbonyl (C=O) groups excluding carboxylic acids is 1. The van der Waals surface area contributed by atoms with Crippen molar-refractivity contribution >= 4 is 55.7 Å². The number of halogens is 3. The third kappa shape index (κ3) is 4.74. The highest BCUT2D eigenvalue weighted by molar-refractivity contribution is 8.00. The van der Waals surface area contributed by atoms with E-state index in [4.69, 9.17) is 0 Å². The molecule has 2 heterocycles. The topological polar surface area (TPSA) is 67.8 Å². The van der Waals surface area contributed by atoms with Gasteiger partial charge in [0.15, 0.2) is 9.35 Å². The van der Waals surface area contributed by atoms with E-state index in [1.807, 2.05) is 24.3 Å². The summed E-state index contributed by atoms with van der Waals surface area (Å²) in [6.45, 7) is 0. The number of alkyl halides is 3. The van der Waals surface area contributed by atoms with Gasteiger partial charge in [0.1, 0.15) is 0 Å². The van der Waals surface area contributed by atoms with Gasteiger partial charge < -0.3 is 0 Å². The second-order valence-corrected chi connectivity index (χ2v) is 9.03. The van der Waals surface area contributed by atoms with E-state index in [1.54, 1.807) is 6.07 Å². The summed E-state index contributed by atoms with van der Waals surface area (Å²) in [7, 11) is 0. The number of para-hydroxylation sites is 1. The third-order valence-electron chi connectivity index (χ3n) is 3.73. The third-order valence-corrected chi connectivity index (χ3v) is 6.81. The molecule has 0 saturated heterocycles. The Bertz CT molecular complexity index is 1140. The second-order valence-electron chi connectivity index (χ2n) is 5.80. The number of fused-ring (bicyclic) bond motifs is 1. The maximum atomic E-state index is 12.8. The molecular formula is C18H11F3N4OS3. The molecule has 4 rings (SSSR count). The molecule has 0 spiro atoms. The normalized spacial score (nSPS) is 11.7. The van der Waals surface area contributed by atoms with Crippen LogP contribution in [0.15, 0.2) is 52.9 Å². The molecule has 5 nitrogen and oxygen atoms in total. The molecule has 0 unspecified atom stereocenters. The van der Waals surface area contributed by atoms with Crippen molar-refractivity contribution in [3.63, 3.8) is 0 Å². The standard InChI is InChI=1S/C18H11F3N4OS3/c19-18(20,21)11-5-3-4-10(8-11)9-27-17-25-24-16(29-17)23-14(26)15-22-12-6-1-2-7-13(12)28-15/h1-8H,9H2,(H,23,24,26). The predicted molar refractivity (Wildman–Crippen MR) is 108 cm³/mol. The minimum atomic E-state index is -4.37. The molecule has 0 atom stereocenters. The van der Waals surface area contributed by atoms with Crippen LogP contribution in [-0.2, 0) is 11.9 Å². The van der Waals surface area contributed by atoms with Gasteiger partial charge in [-0.3, -0.25) is 10.1 Å². The largest absolute Gasteiger partial charge is 0.416 e. The first kappa shape index (κ1) is 19.8. The lowest BCUT2D eigenvalue weighted by Crippen LogP contribution is -2.11. The van der Waals surface area contributed by atoms with Crippen molar-refractivity contribution in [2.45, 2.75) is 16.3 Å². The Morgan fingerprint density at radius 3 is 2.69 bits per heavy atom. The molecule has 29 heavy (non-hydrogen) atoms. The number of anilines is 1. The van der Waals surface area contributed by atoms with Gasteiger partial charge in [-0.05, 0) is 23.8 Å². The molecule has 4 aromatic rings. The van der Waals surface area contributed by atoms with Crippen molar-refractivity contribution in [2.24, 2.45) is 0 Å². The molecule has 11 heteroatoms. The highest BCUT2D eigenvalue weighted by atomic mass is 32.2. The van der Waals surface area contributed by atoms with Crippen LogP contribution < -0.4 is 5.32 Å². The molecule has 148 valence electrons. The fourth-order valence-corrected chi connectivity index (χ4v) is 4.97. The fraction of sp³-hybridized carbons (Fsp3) is 0.111. The monoisotopic (exact) mass is 452 g/mol. The zero-order valence-electron chi connectivity index (χ0n) is 14.4. The summed E-state index contributed by atoms with van der Waals surface area (Å²) in [6.07, 6.45) is -4.37. The van der Waals surface area contributed by atoms with E-state index in [1.165, 1.54) is 29.2 Å². The van der Waals surface area contributed by atoms with E-state index >= 15 is 0 Å². The average Bonchev–Trinajstić information content (AvgIpc) is 3.32. The number of hydrogen-bond acceptors (Lipinski definition) is 7. The van der Waals surface area contributed by atoms with Crippen molar-refractivity contribution in [1.29, 1.82) is 0 Å². The second kappa shape index (κ2) is 8.09. The number of hydrogen-bond donors (Lipinski definition) is 1. The molecule has 0 radical (unpaired) electrons. The fourth-order valence-electron chi connectivity index (χ4n) is 2.42. The van der Waals surface area contributed by atoms with Crippen molar-refractivity contribution < 1.29 is 18.0 Å². The average molecular weight is 453 g/mol. The number of carbonyl (C=O) groups is 1. The van der Waals surface area contributed by atoms with E-state index in [9.17, 15) is 18.0 Å². The van der Waals surface area contributed by atoms with Gasteiger partial charge in [-0.1, -0.05) is 53.4 Å². The van der Waals surface area contributed by atoms with Crippen molar-refractivity contribution in [3.05, 3.63) is 64.7 Å². The summed E-state index contributed by atoms with van der Waals surface area (Å²) < 4.78 is 39.8. The molecule has 0 aliphatic heterocycles. The Morgan fingerprint density at radius 2 is 1.90 bits per heavy atom. The molecule has 2 aromatic carbocycles. The number of nitrogens with zero attached hydrogens (tertiary/aromatic N) is 3. The van der Waals surface area contributed by atoms with Crippen LogP contribution in [0.2, 0.25) is 0 Å². The summed E-state index contributed by atoms with van der Waals surface area (Å²) in [5.41, 5.74) is 0.592. The number of thiazole rings is 1. The number of aromatic nitrogens is 3. The first-order valence-electron chi connectivity index (χ1n) is 8.18. The van der Waals surface area contributed by atoms with Crippen LogP contribution in [0.1, 0.15) is 20.9 Å². The van der Waals surface area contributed by atoms with E-state index in [0.717, 1.165) is 33.7 Å². The predicted octanol–water partition coefficient (Wildman–Crippen LogP) is 5.71. The Balaban J connectivity index is 1.39. The SMILES string of the molecule is O=C(Nc1nnc(SCc2cccc(C(F)(F)F)c2)s1)c1nc2ccccc2s1. The van der Waals surface area contributed by atoms with Crippen molar-refractivity contribution in [2.75, 3.05) is 5.32 Å². The quantitative estimate of drug-likeness (QED) is 0.310. The van der Waals surface area contributed by atoms with Crippen LogP contribution in [0.4, 0.5) is 18.3 Å². The Kier molecular flexibility index (Phi) is 5.52. The molecule has 2 aromatic heterocycles. The minimum Gasteiger partial charge on any atom is -0.294 e. The van der Waals surface area contributed by atoms with E-state index < -0.39 is 11.7 Å². The van der Waals surface area contributed by atoms with Crippen molar-refractivity contribution in [1.82, 2.24) is 15.2 Å². The van der Waals surface area contributed by atoms with E-state index in [2.05, 4.69) is 20.5 Å². The van der Waals surface area contributed by atoms with Crippen molar-refractivity contribution in [3.8, 4) is 0 Å². The zero-order chi connectivity index (χ0) is 20.4. The van der Waals surface area contributed by atoms with E-state index in [0.29, 0.717) is 25.8 Å². The van der Waals surface area contributed by atoms with E-state index in [-0.39, 0.29) is 5.91 Å². The zero-order valence-corrected chi connectivity index (χ0v) is 16.9. The lowest BCUT2D eigenvalue weighted by atomic mass is 10.1. The maximum Gasteiger partial charge on any atom is 0.416 e. The molecule has 0 aliphatic rings. The van der Waals surface area contributed by atoms with Gasteiger partial charge in [-0.25, -0.2) is 4.98 Å². The Morgan fingerprint density at radius 1 is 1.07 bits per heavy atom. The summed E-state index contributed by atoms with van der Waals surface area (Å²) >= 11 is 3.69. The van der Waals surface area contributed by atoms with Crippen LogP contribution in [0.5, 0.6) is 0 Å². The molecule has 0 fully saturated rings. The first-order valence-corrected chi connectivity index (χ1v) is 10.8. The first-order chi connectivity index (χ1) is 13.9. The molecule has 0 bridgehead atoms. The summed E-state index contributed by atoms with van der Waals surface area (Å²) in [5.74, 6) is -0.0681. The van der Waals surface area contributed by atoms with Gasteiger partial charge in [-0.15, -0.1) is 21.5 Å². The number of amides is 1. The molecule has 0 saturated carbocycles. The summed E-state index contributed by atoms with van der Waals surface area (Å²) in [6, 6.07) is 12.6. The van der Waals surface area contributed by atoms with Crippen LogP contribution in [0.25, 0.3) is 10.2 Å². The van der Waals surface area contributed by atoms with Gasteiger partial charge in [-0.2, -0.15) is 13.2 Å². The highest BCUT2D eigenvalue weighted by Crippen LogP contribution is 2.32. The van der Waals surface area contributed by atoms with Gasteiger partial charge in [0, 0.05) is 5.75 Å². The van der Waals surface area contributed by atoms with Crippen LogP contribution >= 0.6 is 34.4 Å². The number of nitrogens with one attached hydrogen (secondary N) is 1. The molecule has 0 aliphatic carbocycles. The lowest BCUT2D eigenvalue weighted by molar-refractivity contribution is -0.137. The maximum absolute atomic E-state index is 12.8. The molecule has 1 N–H and O–H groups in total. The molecular weight excluding hydrogens is 441 g/mol. The van der Waals surface area contributed by atoms with Gasteiger partial charge in [0.05, 0.1) is 15.8 Å². The summed E-state index contributed by atoms with van der Waals surface area (Å²) in [4.78, 5) is 16.7. The van der Waals surface area contributed by atoms with Gasteiger partial charge >= 0.3 is 6.18 Å². The minimum absolute atomic E-state index is 0.306. The van der Waals surface area contributed by atoms with Crippen LogP contribution in [-0.4, -0.2) is 21.1 Å². The smallest absolute Gasteiger partial charge is 0.294 e. The Hall–Kier alpha value is -2.50. The number of rotatable bonds is 5. The van der Waals surface area contributed by atoms with Gasteiger partial charge in [0.2, 0.25) is 5.13 Å². The highest BCUT2D eigenvalue weighted by Gasteiger charge is 2.30. The number of thioether (sulfide) groups is 1. The Labute approximate surface area is 175 Å². The molecule has 1 amide bonds.